The Labute approximate surface area is 54.7 Å². The lowest BCUT2D eigenvalue weighted by molar-refractivity contribution is -0.131. The Bertz CT molecular complexity index is 126. The molecule has 0 rings (SSSR count). The van der Waals surface area contributed by atoms with E-state index in [1.54, 1.807) is 9.47 Å². The van der Waals surface area contributed by atoms with Crippen molar-refractivity contribution in [3.63, 3.8) is 0 Å². The van der Waals surface area contributed by atoms with Crippen molar-refractivity contribution in [2.24, 2.45) is 5.73 Å². The van der Waals surface area contributed by atoms with E-state index in [1.165, 1.54) is 0 Å². The topological polar surface area (TPSA) is 88.2 Å². The summed E-state index contributed by atoms with van der Waals surface area (Å²) < 4.78 is 4.16. The number of carbonyl (C=O) groups is 1. The quantitative estimate of drug-likeness (QED) is 0.261. The molecule has 0 spiro atoms. The number of hydrogen-bond acceptors (Lipinski definition) is 3. The van der Waals surface area contributed by atoms with Gasteiger partial charge in [0.25, 0.3) is 0 Å². The van der Waals surface area contributed by atoms with Crippen LogP contribution in [0, 0.1) is 5.41 Å². The Morgan fingerprint density at radius 3 is 2.78 bits per heavy atom. The van der Waals surface area contributed by atoms with Crippen molar-refractivity contribution in [3.8, 4) is 0 Å². The molecule has 0 aromatic carbocycles. The molecule has 5 nitrogen and oxygen atoms in total. The van der Waals surface area contributed by atoms with Crippen LogP contribution in [0.15, 0.2) is 0 Å². The zero-order chi connectivity index (χ0) is 7.28. The van der Waals surface area contributed by atoms with Gasteiger partial charge in [-0.15, -0.1) is 0 Å². The van der Waals surface area contributed by atoms with Gasteiger partial charge in [0.05, 0.1) is 9.47 Å². The molecule has 0 heterocycles. The molecule has 4 N–H and O–H groups in total. The van der Waals surface area contributed by atoms with E-state index in [0.717, 1.165) is 0 Å². The highest BCUT2D eigenvalue weighted by Gasteiger charge is 1.97. The van der Waals surface area contributed by atoms with Gasteiger partial charge in [-0.2, -0.15) is 0 Å². The molecule has 0 aliphatic carbocycles. The Kier molecular flexibility index (Phi) is 3.71. The third-order valence-electron chi connectivity index (χ3n) is 0.555. The van der Waals surface area contributed by atoms with Crippen molar-refractivity contribution in [1.29, 1.82) is 5.41 Å². The summed E-state index contributed by atoms with van der Waals surface area (Å²) in [5.74, 6) is -0.722. The molecule has 0 saturated heterocycles. The second-order valence-corrected chi connectivity index (χ2v) is 1.49. The molecule has 1 atom stereocenters. The fourth-order valence-corrected chi connectivity index (χ4v) is 0.292. The standard InChI is InChI=1S/C3H8N3O2P/c4-3(5)6-1-2(7)8-9/h1,9H2,(H4,4,5,6). The molecule has 0 aromatic heterocycles. The van der Waals surface area contributed by atoms with Gasteiger partial charge in [-0.25, -0.2) is 4.79 Å². The van der Waals surface area contributed by atoms with Crippen molar-refractivity contribution in [2.45, 2.75) is 0 Å². The van der Waals surface area contributed by atoms with Crippen LogP contribution in [0.2, 0.25) is 0 Å². The normalized spacial score (nSPS) is 8.11. The molecule has 0 amide bonds. The minimum Gasteiger partial charge on any atom is -0.450 e. The molecule has 0 bridgehead atoms. The highest BCUT2D eigenvalue weighted by molar-refractivity contribution is 7.10. The molecule has 6 heteroatoms. The Hall–Kier alpha value is -0.830. The molecule has 0 saturated carbocycles. The van der Waals surface area contributed by atoms with Crippen LogP contribution in [0.25, 0.3) is 0 Å². The molecule has 0 aliphatic heterocycles. The van der Waals surface area contributed by atoms with Crippen LogP contribution in [-0.4, -0.2) is 18.5 Å². The van der Waals surface area contributed by atoms with E-state index >= 15 is 0 Å². The number of nitrogens with one attached hydrogen (secondary N) is 2. The zero-order valence-electron chi connectivity index (χ0n) is 4.68. The van der Waals surface area contributed by atoms with Crippen LogP contribution in [0.5, 0.6) is 0 Å². The molecule has 52 valence electrons. The summed E-state index contributed by atoms with van der Waals surface area (Å²) in [5, 5.41) is 8.88. The molecule has 1 unspecified atom stereocenters. The molecular formula is C3H8N3O2P. The van der Waals surface area contributed by atoms with Gasteiger partial charge < -0.3 is 15.6 Å². The van der Waals surface area contributed by atoms with Crippen LogP contribution in [0.4, 0.5) is 0 Å². The van der Waals surface area contributed by atoms with E-state index in [-0.39, 0.29) is 12.5 Å². The van der Waals surface area contributed by atoms with E-state index in [0.29, 0.717) is 0 Å². The lowest BCUT2D eigenvalue weighted by atomic mass is 10.6. The summed E-state index contributed by atoms with van der Waals surface area (Å²) in [4.78, 5) is 10.3. The van der Waals surface area contributed by atoms with Gasteiger partial charge in [0.15, 0.2) is 5.96 Å². The second kappa shape index (κ2) is 4.09. The highest BCUT2D eigenvalue weighted by atomic mass is 31.0. The van der Waals surface area contributed by atoms with E-state index in [4.69, 9.17) is 11.1 Å². The van der Waals surface area contributed by atoms with Gasteiger partial charge in [-0.1, -0.05) is 0 Å². The van der Waals surface area contributed by atoms with E-state index in [2.05, 4.69) is 9.84 Å². The maximum atomic E-state index is 10.3. The number of nitrogens with two attached hydrogens (primary N) is 1. The number of carbonyl (C=O) groups excluding carboxylic acids is 1. The first kappa shape index (κ1) is 8.17. The van der Waals surface area contributed by atoms with Crippen LogP contribution in [0.1, 0.15) is 0 Å². The van der Waals surface area contributed by atoms with Gasteiger partial charge >= 0.3 is 5.97 Å². The van der Waals surface area contributed by atoms with Gasteiger partial charge in [-0.05, 0) is 0 Å². The summed E-state index contributed by atoms with van der Waals surface area (Å²) in [6, 6.07) is 0. The Balaban J connectivity index is 3.28. The molecule has 0 aliphatic rings. The van der Waals surface area contributed by atoms with Gasteiger partial charge in [0, 0.05) is 0 Å². The lowest BCUT2D eigenvalue weighted by Gasteiger charge is -1.99. The van der Waals surface area contributed by atoms with E-state index in [1.807, 2.05) is 0 Å². The van der Waals surface area contributed by atoms with Gasteiger partial charge in [-0.3, -0.25) is 5.41 Å². The van der Waals surface area contributed by atoms with Crippen molar-refractivity contribution >= 4 is 21.4 Å². The summed E-state index contributed by atoms with van der Waals surface area (Å²) in [6.45, 7) is -0.0706. The van der Waals surface area contributed by atoms with Crippen LogP contribution in [0.3, 0.4) is 0 Å². The first-order valence-electron chi connectivity index (χ1n) is 2.14. The number of rotatable bonds is 2. The smallest absolute Gasteiger partial charge is 0.327 e. The fourth-order valence-electron chi connectivity index (χ4n) is 0.209. The van der Waals surface area contributed by atoms with Crippen molar-refractivity contribution in [2.75, 3.05) is 6.54 Å². The van der Waals surface area contributed by atoms with Gasteiger partial charge in [0.2, 0.25) is 0 Å². The number of hydrogen-bond donors (Lipinski definition) is 3. The van der Waals surface area contributed by atoms with Crippen LogP contribution >= 0.6 is 9.47 Å². The monoisotopic (exact) mass is 149 g/mol. The summed E-state index contributed by atoms with van der Waals surface area (Å²) >= 11 is 0. The summed E-state index contributed by atoms with van der Waals surface area (Å²) in [5.41, 5.74) is 4.85. The zero-order valence-corrected chi connectivity index (χ0v) is 5.83. The first-order valence-corrected chi connectivity index (χ1v) is 2.61. The molecule has 9 heavy (non-hydrogen) atoms. The molecule has 0 radical (unpaired) electrons. The third kappa shape index (κ3) is 5.03. The minimum absolute atomic E-state index is 0.0706. The predicted octanol–water partition coefficient (Wildman–Crippen LogP) is -1.20. The second-order valence-electron chi connectivity index (χ2n) is 1.26. The van der Waals surface area contributed by atoms with Crippen molar-refractivity contribution in [1.82, 2.24) is 5.32 Å². The average Bonchev–Trinajstić information content (AvgIpc) is 1.83. The maximum Gasteiger partial charge on any atom is 0.327 e. The first-order chi connectivity index (χ1) is 4.16. The summed E-state index contributed by atoms with van der Waals surface area (Å²) in [7, 11) is 1.80. The Morgan fingerprint density at radius 1 is 1.89 bits per heavy atom. The number of guanidine groups is 1. The van der Waals surface area contributed by atoms with E-state index < -0.39 is 5.97 Å². The molecular weight excluding hydrogens is 141 g/mol. The highest BCUT2D eigenvalue weighted by Crippen LogP contribution is 1.83. The predicted molar refractivity (Wildman–Crippen MR) is 35.7 cm³/mol. The largest absolute Gasteiger partial charge is 0.450 e. The van der Waals surface area contributed by atoms with Crippen LogP contribution in [-0.2, 0) is 9.32 Å². The van der Waals surface area contributed by atoms with Crippen molar-refractivity contribution in [3.05, 3.63) is 0 Å². The van der Waals surface area contributed by atoms with Gasteiger partial charge in [0.1, 0.15) is 6.54 Å². The third-order valence-corrected chi connectivity index (χ3v) is 0.818. The van der Waals surface area contributed by atoms with E-state index in [9.17, 15) is 4.79 Å². The van der Waals surface area contributed by atoms with Crippen LogP contribution < -0.4 is 11.1 Å². The minimum atomic E-state index is -0.477. The molecule has 0 aromatic rings. The summed E-state index contributed by atoms with van der Waals surface area (Å²) in [6.07, 6.45) is 0. The Morgan fingerprint density at radius 2 is 2.44 bits per heavy atom. The average molecular weight is 149 g/mol. The molecule has 0 fully saturated rings. The fraction of sp³-hybridized carbons (Fsp3) is 0.333. The lowest BCUT2D eigenvalue weighted by Crippen LogP contribution is -2.34. The van der Waals surface area contributed by atoms with Crippen molar-refractivity contribution < 1.29 is 9.32 Å². The maximum absolute atomic E-state index is 10.3. The SMILES string of the molecule is N=C(N)NCC(=O)OP.